The zero-order valence-electron chi connectivity index (χ0n) is 16.6. The molecule has 2 N–H and O–H groups in total. The molecule has 0 atom stereocenters. The summed E-state index contributed by atoms with van der Waals surface area (Å²) < 4.78 is 27.3. The first-order chi connectivity index (χ1) is 14.4. The highest BCUT2D eigenvalue weighted by molar-refractivity contribution is 7.89. The average Bonchev–Trinajstić information content (AvgIpc) is 3.50. The second-order valence-corrected chi connectivity index (χ2v) is 10.6. The van der Waals surface area contributed by atoms with E-state index in [1.807, 2.05) is 0 Å². The van der Waals surface area contributed by atoms with Crippen LogP contribution in [0.3, 0.4) is 0 Å². The van der Waals surface area contributed by atoms with E-state index >= 15 is 0 Å². The summed E-state index contributed by atoms with van der Waals surface area (Å²) in [6.45, 7) is 1.07. The van der Waals surface area contributed by atoms with Crippen LogP contribution in [0.2, 0.25) is 0 Å². The van der Waals surface area contributed by atoms with Gasteiger partial charge < -0.3 is 10.6 Å². The Bertz CT molecular complexity index is 1020. The van der Waals surface area contributed by atoms with Crippen LogP contribution in [-0.2, 0) is 10.0 Å². The summed E-state index contributed by atoms with van der Waals surface area (Å²) >= 11 is 1.28. The Kier molecular flexibility index (Phi) is 6.21. The van der Waals surface area contributed by atoms with Crippen molar-refractivity contribution in [2.24, 2.45) is 0 Å². The highest BCUT2D eigenvalue weighted by atomic mass is 32.2. The number of sulfonamides is 1. The molecule has 0 bridgehead atoms. The molecule has 2 aliphatic rings. The summed E-state index contributed by atoms with van der Waals surface area (Å²) in [6.07, 6.45) is 5.83. The van der Waals surface area contributed by atoms with Gasteiger partial charge in [0.25, 0.3) is 11.8 Å². The molecule has 1 saturated carbocycles. The minimum absolute atomic E-state index is 0.187. The van der Waals surface area contributed by atoms with Gasteiger partial charge in [-0.2, -0.15) is 4.31 Å². The number of carbonyl (C=O) groups excluding carboxylic acids is 2. The third kappa shape index (κ3) is 4.74. The molecule has 1 aliphatic carbocycles. The van der Waals surface area contributed by atoms with E-state index in [9.17, 15) is 18.0 Å². The number of hydrogen-bond acceptors (Lipinski definition) is 5. The molecular weight excluding hydrogens is 422 g/mol. The first kappa shape index (κ1) is 21.0. The second-order valence-electron chi connectivity index (χ2n) is 7.71. The molecule has 2 aromatic rings. The van der Waals surface area contributed by atoms with Crippen LogP contribution < -0.4 is 10.6 Å². The maximum Gasteiger partial charge on any atom is 0.256 e. The number of nitrogens with zero attached hydrogens (tertiary/aromatic N) is 1. The van der Waals surface area contributed by atoms with Crippen LogP contribution >= 0.6 is 11.3 Å². The van der Waals surface area contributed by atoms with E-state index in [2.05, 4.69) is 10.6 Å². The molecule has 0 spiro atoms. The number of benzene rings is 1. The van der Waals surface area contributed by atoms with Crippen LogP contribution in [0.1, 0.15) is 59.2 Å². The molecule has 1 aromatic heterocycles. The molecular formula is C21H25N3O4S2. The van der Waals surface area contributed by atoms with E-state index in [0.717, 1.165) is 38.5 Å². The van der Waals surface area contributed by atoms with Crippen molar-refractivity contribution in [2.75, 3.05) is 18.4 Å². The first-order valence-corrected chi connectivity index (χ1v) is 12.6. The summed E-state index contributed by atoms with van der Waals surface area (Å²) in [7, 11) is -3.55. The van der Waals surface area contributed by atoms with Gasteiger partial charge in [-0.15, -0.1) is 11.3 Å². The van der Waals surface area contributed by atoms with Gasteiger partial charge in [0, 0.05) is 24.7 Å². The van der Waals surface area contributed by atoms with Crippen molar-refractivity contribution in [1.29, 1.82) is 0 Å². The number of anilines is 1. The molecule has 2 amide bonds. The van der Waals surface area contributed by atoms with Crippen molar-refractivity contribution in [3.05, 3.63) is 46.8 Å². The van der Waals surface area contributed by atoms with Gasteiger partial charge in [-0.05, 0) is 61.4 Å². The molecule has 0 unspecified atom stereocenters. The van der Waals surface area contributed by atoms with Gasteiger partial charge in [-0.3, -0.25) is 9.59 Å². The second kappa shape index (κ2) is 8.87. The lowest BCUT2D eigenvalue weighted by molar-refractivity contribution is 0.0952. The summed E-state index contributed by atoms with van der Waals surface area (Å²) in [6, 6.07) is 7.90. The Morgan fingerprint density at radius 3 is 2.23 bits per heavy atom. The molecule has 7 nitrogen and oxygen atoms in total. The monoisotopic (exact) mass is 447 g/mol. The minimum atomic E-state index is -3.55. The summed E-state index contributed by atoms with van der Waals surface area (Å²) in [4.78, 5) is 25.1. The van der Waals surface area contributed by atoms with E-state index in [0.29, 0.717) is 29.2 Å². The van der Waals surface area contributed by atoms with Gasteiger partial charge in [-0.25, -0.2) is 8.42 Å². The zero-order chi connectivity index (χ0) is 21.1. The molecule has 1 saturated heterocycles. The van der Waals surface area contributed by atoms with Crippen LogP contribution in [0.4, 0.5) is 5.00 Å². The van der Waals surface area contributed by atoms with Crippen molar-refractivity contribution in [2.45, 2.75) is 49.5 Å². The van der Waals surface area contributed by atoms with Gasteiger partial charge in [0.2, 0.25) is 10.0 Å². The molecule has 2 fully saturated rings. The fourth-order valence-corrected chi connectivity index (χ4v) is 5.76. The largest absolute Gasteiger partial charge is 0.349 e. The highest BCUT2D eigenvalue weighted by Crippen LogP contribution is 2.27. The van der Waals surface area contributed by atoms with Crippen LogP contribution in [0.15, 0.2) is 40.6 Å². The van der Waals surface area contributed by atoms with Gasteiger partial charge in [0.1, 0.15) is 5.00 Å². The van der Waals surface area contributed by atoms with Crippen molar-refractivity contribution < 1.29 is 18.0 Å². The van der Waals surface area contributed by atoms with Gasteiger partial charge in [0.15, 0.2) is 0 Å². The predicted octanol–water partition coefficient (Wildman–Crippen LogP) is 3.46. The molecule has 2 heterocycles. The maximum absolute atomic E-state index is 12.9. The molecule has 0 radical (unpaired) electrons. The smallest absolute Gasteiger partial charge is 0.256 e. The quantitative estimate of drug-likeness (QED) is 0.709. The van der Waals surface area contributed by atoms with Crippen molar-refractivity contribution in [3.8, 4) is 0 Å². The fourth-order valence-electron chi connectivity index (χ4n) is 3.46. The molecule has 9 heteroatoms. The number of nitrogens with one attached hydrogen (secondary N) is 2. The van der Waals surface area contributed by atoms with Gasteiger partial charge in [0.05, 0.1) is 10.5 Å². The number of hydrogen-bond donors (Lipinski definition) is 2. The van der Waals surface area contributed by atoms with Crippen LogP contribution in [0.25, 0.3) is 0 Å². The average molecular weight is 448 g/mol. The van der Waals surface area contributed by atoms with E-state index in [1.165, 1.54) is 39.9 Å². The first-order valence-electron chi connectivity index (χ1n) is 10.2. The highest BCUT2D eigenvalue weighted by Gasteiger charge is 2.27. The molecule has 4 rings (SSSR count). The van der Waals surface area contributed by atoms with E-state index in [1.54, 1.807) is 11.4 Å². The summed E-state index contributed by atoms with van der Waals surface area (Å²) in [5, 5.41) is 7.93. The predicted molar refractivity (Wildman–Crippen MR) is 116 cm³/mol. The van der Waals surface area contributed by atoms with E-state index in [4.69, 9.17) is 0 Å². The Labute approximate surface area is 180 Å². The third-order valence-corrected chi connectivity index (χ3v) is 8.11. The Morgan fingerprint density at radius 1 is 0.933 bits per heavy atom. The SMILES string of the molecule is O=C(Nc1sccc1C(=O)NC1CC1)c1ccc(S(=O)(=O)N2CCCCCC2)cc1. The summed E-state index contributed by atoms with van der Waals surface area (Å²) in [5.74, 6) is -0.565. The standard InChI is InChI=1S/C21H25N3O4S2/c25-19(23-21-18(11-14-29-21)20(26)22-16-7-8-16)15-5-9-17(10-6-15)30(27,28)24-12-3-1-2-4-13-24/h5-6,9-11,14,16H,1-4,7-8,12-13H2,(H,22,26)(H,23,25). The maximum atomic E-state index is 12.9. The summed E-state index contributed by atoms with van der Waals surface area (Å²) in [5.41, 5.74) is 0.785. The zero-order valence-corrected chi connectivity index (χ0v) is 18.2. The van der Waals surface area contributed by atoms with Crippen LogP contribution in [-0.4, -0.2) is 43.7 Å². The lowest BCUT2D eigenvalue weighted by Crippen LogP contribution is -2.31. The lowest BCUT2D eigenvalue weighted by Gasteiger charge is -2.20. The van der Waals surface area contributed by atoms with Crippen molar-refractivity contribution >= 4 is 38.2 Å². The Balaban J connectivity index is 1.44. The normalized spacial score (nSPS) is 17.9. The Hall–Kier alpha value is -2.23. The minimum Gasteiger partial charge on any atom is -0.349 e. The van der Waals surface area contributed by atoms with E-state index < -0.39 is 10.0 Å². The molecule has 1 aromatic carbocycles. The molecule has 1 aliphatic heterocycles. The number of thiophene rings is 1. The van der Waals surface area contributed by atoms with Crippen molar-refractivity contribution in [3.63, 3.8) is 0 Å². The number of amides is 2. The lowest BCUT2D eigenvalue weighted by atomic mass is 10.2. The van der Waals surface area contributed by atoms with Crippen LogP contribution in [0, 0.1) is 0 Å². The molecule has 160 valence electrons. The molecule has 30 heavy (non-hydrogen) atoms. The number of carbonyl (C=O) groups is 2. The fraction of sp³-hybridized carbons (Fsp3) is 0.429. The van der Waals surface area contributed by atoms with Crippen LogP contribution in [0.5, 0.6) is 0 Å². The van der Waals surface area contributed by atoms with Crippen molar-refractivity contribution in [1.82, 2.24) is 9.62 Å². The topological polar surface area (TPSA) is 95.6 Å². The number of rotatable bonds is 6. The Morgan fingerprint density at radius 2 is 1.60 bits per heavy atom. The third-order valence-electron chi connectivity index (χ3n) is 5.37. The van der Waals surface area contributed by atoms with E-state index in [-0.39, 0.29) is 22.8 Å². The van der Waals surface area contributed by atoms with Gasteiger partial charge >= 0.3 is 0 Å². The van der Waals surface area contributed by atoms with Gasteiger partial charge in [-0.1, -0.05) is 12.8 Å².